The Morgan fingerprint density at radius 1 is 0.929 bits per heavy atom. The van der Waals surface area contributed by atoms with Gasteiger partial charge in [0.05, 0.1) is 6.54 Å². The van der Waals surface area contributed by atoms with E-state index in [0.717, 1.165) is 44.7 Å². The molecule has 0 aromatic heterocycles. The Morgan fingerprint density at radius 3 is 2.36 bits per heavy atom. The summed E-state index contributed by atoms with van der Waals surface area (Å²) in [6.07, 6.45) is 6.24. The Morgan fingerprint density at radius 2 is 1.68 bits per heavy atom. The molecular formula is C21H30N4O3. The number of likely N-dealkylation sites (tertiary alicyclic amines) is 1. The number of nitrogens with one attached hydrogen (secondary N) is 2. The third kappa shape index (κ3) is 5.79. The minimum Gasteiger partial charge on any atom is -0.355 e. The molecule has 1 aromatic carbocycles. The summed E-state index contributed by atoms with van der Waals surface area (Å²) in [7, 11) is 0. The van der Waals surface area contributed by atoms with Crippen molar-refractivity contribution in [3.05, 3.63) is 29.8 Å². The molecular weight excluding hydrogens is 356 g/mol. The van der Waals surface area contributed by atoms with Gasteiger partial charge in [-0.2, -0.15) is 0 Å². The average Bonchev–Trinajstić information content (AvgIpc) is 3.16. The van der Waals surface area contributed by atoms with Crippen LogP contribution in [-0.4, -0.2) is 61.9 Å². The standard InChI is InChI=1S/C21H30N4O3/c26-19(22-11-5-14-24-12-2-1-3-13-24)16-23-21(28)17-7-9-18(10-8-17)25-15-4-6-20(25)27/h7-10H,1-6,11-16H2,(H,22,26)(H,23,28). The molecule has 7 nitrogen and oxygen atoms in total. The van der Waals surface area contributed by atoms with Gasteiger partial charge in [0.2, 0.25) is 11.8 Å². The SMILES string of the molecule is O=C(CNC(=O)c1ccc(N2CCCC2=O)cc1)NCCCN1CCCCC1. The summed E-state index contributed by atoms with van der Waals surface area (Å²) in [4.78, 5) is 40.1. The lowest BCUT2D eigenvalue weighted by Gasteiger charge is -2.26. The van der Waals surface area contributed by atoms with Gasteiger partial charge in [0.1, 0.15) is 0 Å². The van der Waals surface area contributed by atoms with Crippen LogP contribution in [0.15, 0.2) is 24.3 Å². The molecule has 2 saturated heterocycles. The van der Waals surface area contributed by atoms with Gasteiger partial charge < -0.3 is 20.4 Å². The van der Waals surface area contributed by atoms with Gasteiger partial charge >= 0.3 is 0 Å². The Hall–Kier alpha value is -2.41. The number of hydrogen-bond donors (Lipinski definition) is 2. The first-order chi connectivity index (χ1) is 13.6. The van der Waals surface area contributed by atoms with Gasteiger partial charge in [-0.3, -0.25) is 14.4 Å². The normalized spacial score (nSPS) is 17.6. The van der Waals surface area contributed by atoms with Crippen LogP contribution in [-0.2, 0) is 9.59 Å². The van der Waals surface area contributed by atoms with Gasteiger partial charge in [0, 0.05) is 30.8 Å². The van der Waals surface area contributed by atoms with Crippen molar-refractivity contribution in [3.8, 4) is 0 Å². The molecule has 3 rings (SSSR count). The lowest BCUT2D eigenvalue weighted by Crippen LogP contribution is -2.38. The molecule has 2 fully saturated rings. The Balaban J connectivity index is 1.34. The molecule has 152 valence electrons. The van der Waals surface area contributed by atoms with E-state index in [1.807, 2.05) is 0 Å². The predicted molar refractivity (Wildman–Crippen MR) is 108 cm³/mol. The molecule has 0 aliphatic carbocycles. The molecule has 2 aliphatic rings. The topological polar surface area (TPSA) is 81.8 Å². The zero-order valence-corrected chi connectivity index (χ0v) is 16.4. The number of amides is 3. The third-order valence-electron chi connectivity index (χ3n) is 5.35. The number of carbonyl (C=O) groups excluding carboxylic acids is 3. The second-order valence-electron chi connectivity index (χ2n) is 7.48. The first kappa shape index (κ1) is 20.3. The van der Waals surface area contributed by atoms with Crippen molar-refractivity contribution in [2.45, 2.75) is 38.5 Å². The quantitative estimate of drug-likeness (QED) is 0.664. The number of benzene rings is 1. The monoisotopic (exact) mass is 386 g/mol. The minimum atomic E-state index is -0.289. The van der Waals surface area contributed by atoms with Gasteiger partial charge in [0.25, 0.3) is 5.91 Å². The van der Waals surface area contributed by atoms with E-state index < -0.39 is 0 Å². The largest absolute Gasteiger partial charge is 0.355 e. The van der Waals surface area contributed by atoms with E-state index in [1.165, 1.54) is 19.3 Å². The fourth-order valence-electron chi connectivity index (χ4n) is 3.75. The number of hydrogen-bond acceptors (Lipinski definition) is 4. The molecule has 0 saturated carbocycles. The van der Waals surface area contributed by atoms with Gasteiger partial charge in [-0.25, -0.2) is 0 Å². The maximum atomic E-state index is 12.2. The first-order valence-electron chi connectivity index (χ1n) is 10.3. The molecule has 0 bridgehead atoms. The van der Waals surface area contributed by atoms with E-state index in [1.54, 1.807) is 29.2 Å². The lowest BCUT2D eigenvalue weighted by molar-refractivity contribution is -0.120. The van der Waals surface area contributed by atoms with Crippen LogP contribution in [0.4, 0.5) is 5.69 Å². The highest BCUT2D eigenvalue weighted by Gasteiger charge is 2.21. The number of rotatable bonds is 8. The molecule has 2 aliphatic heterocycles. The van der Waals surface area contributed by atoms with Crippen molar-refractivity contribution in [2.75, 3.05) is 44.2 Å². The van der Waals surface area contributed by atoms with Crippen molar-refractivity contribution >= 4 is 23.4 Å². The first-order valence-corrected chi connectivity index (χ1v) is 10.3. The highest BCUT2D eigenvalue weighted by atomic mass is 16.2. The highest BCUT2D eigenvalue weighted by Crippen LogP contribution is 2.21. The van der Waals surface area contributed by atoms with Crippen LogP contribution in [0.1, 0.15) is 48.9 Å². The maximum absolute atomic E-state index is 12.2. The fourth-order valence-corrected chi connectivity index (χ4v) is 3.75. The summed E-state index contributed by atoms with van der Waals surface area (Å²) in [5.74, 6) is -0.344. The summed E-state index contributed by atoms with van der Waals surface area (Å²) >= 11 is 0. The summed E-state index contributed by atoms with van der Waals surface area (Å²) in [5.41, 5.74) is 1.29. The highest BCUT2D eigenvalue weighted by molar-refractivity contribution is 5.98. The van der Waals surface area contributed by atoms with E-state index in [9.17, 15) is 14.4 Å². The molecule has 0 spiro atoms. The molecule has 0 atom stereocenters. The molecule has 28 heavy (non-hydrogen) atoms. The Labute approximate surface area is 166 Å². The Bertz CT molecular complexity index is 683. The van der Waals surface area contributed by atoms with E-state index in [4.69, 9.17) is 0 Å². The van der Waals surface area contributed by atoms with E-state index in [-0.39, 0.29) is 24.3 Å². The van der Waals surface area contributed by atoms with Gasteiger partial charge in [0.15, 0.2) is 0 Å². The molecule has 0 unspecified atom stereocenters. The summed E-state index contributed by atoms with van der Waals surface area (Å²) in [5, 5.41) is 5.50. The van der Waals surface area contributed by atoms with Gasteiger partial charge in [-0.05, 0) is 69.6 Å². The van der Waals surface area contributed by atoms with Crippen molar-refractivity contribution in [2.24, 2.45) is 0 Å². The van der Waals surface area contributed by atoms with Crippen molar-refractivity contribution in [3.63, 3.8) is 0 Å². The molecule has 2 heterocycles. The second kappa shape index (κ2) is 10.2. The molecule has 3 amide bonds. The zero-order valence-electron chi connectivity index (χ0n) is 16.4. The maximum Gasteiger partial charge on any atom is 0.251 e. The minimum absolute atomic E-state index is 0.0328. The van der Waals surface area contributed by atoms with Crippen LogP contribution in [0.5, 0.6) is 0 Å². The van der Waals surface area contributed by atoms with Crippen molar-refractivity contribution in [1.82, 2.24) is 15.5 Å². The molecule has 0 radical (unpaired) electrons. The second-order valence-corrected chi connectivity index (χ2v) is 7.48. The van der Waals surface area contributed by atoms with Crippen molar-refractivity contribution < 1.29 is 14.4 Å². The van der Waals surface area contributed by atoms with Crippen LogP contribution in [0.2, 0.25) is 0 Å². The summed E-state index contributed by atoms with van der Waals surface area (Å²) in [6, 6.07) is 6.93. The Kier molecular flexibility index (Phi) is 7.42. The van der Waals surface area contributed by atoms with E-state index in [0.29, 0.717) is 18.5 Å². The van der Waals surface area contributed by atoms with E-state index >= 15 is 0 Å². The smallest absolute Gasteiger partial charge is 0.251 e. The summed E-state index contributed by atoms with van der Waals surface area (Å²) < 4.78 is 0. The molecule has 2 N–H and O–H groups in total. The number of piperidine rings is 1. The van der Waals surface area contributed by atoms with Gasteiger partial charge in [-0.15, -0.1) is 0 Å². The van der Waals surface area contributed by atoms with Crippen LogP contribution < -0.4 is 15.5 Å². The zero-order chi connectivity index (χ0) is 19.8. The van der Waals surface area contributed by atoms with E-state index in [2.05, 4.69) is 15.5 Å². The van der Waals surface area contributed by atoms with Crippen molar-refractivity contribution in [1.29, 1.82) is 0 Å². The van der Waals surface area contributed by atoms with Crippen LogP contribution in [0, 0.1) is 0 Å². The lowest BCUT2D eigenvalue weighted by atomic mass is 10.1. The molecule has 1 aromatic rings. The summed E-state index contributed by atoms with van der Waals surface area (Å²) in [6.45, 7) is 4.66. The average molecular weight is 386 g/mol. The number of anilines is 1. The van der Waals surface area contributed by atoms with Crippen LogP contribution in [0.25, 0.3) is 0 Å². The fraction of sp³-hybridized carbons (Fsp3) is 0.571. The molecule has 7 heteroatoms. The van der Waals surface area contributed by atoms with Gasteiger partial charge in [-0.1, -0.05) is 6.42 Å². The number of nitrogens with zero attached hydrogens (tertiary/aromatic N) is 2. The van der Waals surface area contributed by atoms with Crippen LogP contribution >= 0.6 is 0 Å². The van der Waals surface area contributed by atoms with Crippen LogP contribution in [0.3, 0.4) is 0 Å². The third-order valence-corrected chi connectivity index (χ3v) is 5.35. The predicted octanol–water partition coefficient (Wildman–Crippen LogP) is 1.54. The number of carbonyl (C=O) groups is 3.